The molecule has 0 bridgehead atoms. The average Bonchev–Trinajstić information content (AvgIpc) is 2.81. The predicted octanol–water partition coefficient (Wildman–Crippen LogP) is 2.63. The Labute approximate surface area is 113 Å². The Kier molecular flexibility index (Phi) is 2.97. The fraction of sp³-hybridized carbons (Fsp3) is 0.0714. The van der Waals surface area contributed by atoms with Crippen LogP contribution in [0, 0.1) is 6.92 Å². The molecule has 3 aromatic rings. The summed E-state index contributed by atoms with van der Waals surface area (Å²) in [4.78, 5) is 21.8. The summed E-state index contributed by atoms with van der Waals surface area (Å²) in [6, 6.07) is 7.33. The first kappa shape index (κ1) is 11.8. The van der Waals surface area contributed by atoms with E-state index in [9.17, 15) is 4.79 Å². The highest BCUT2D eigenvalue weighted by molar-refractivity contribution is 7.17. The lowest BCUT2D eigenvalue weighted by molar-refractivity contribution is 1.08. The second-order valence-electron chi connectivity index (χ2n) is 4.11. The Morgan fingerprint density at radius 2 is 2.16 bits per heavy atom. The van der Waals surface area contributed by atoms with E-state index in [-0.39, 0.29) is 5.56 Å². The van der Waals surface area contributed by atoms with E-state index in [2.05, 4.69) is 9.97 Å². The molecule has 19 heavy (non-hydrogen) atoms. The molecule has 0 saturated carbocycles. The first-order chi connectivity index (χ1) is 9.22. The highest BCUT2D eigenvalue weighted by Gasteiger charge is 2.01. The number of pyridine rings is 1. The minimum absolute atomic E-state index is 0.0606. The van der Waals surface area contributed by atoms with Crippen molar-refractivity contribution in [3.05, 3.63) is 63.3 Å². The standard InChI is InChI=1S/C14H11N3OS/c1-10-3-2-4-11(16-10)5-6-12-9-17-13(18)7-8-15-14(17)19-12/h2-9H,1H3. The maximum absolute atomic E-state index is 11.6. The smallest absolute Gasteiger partial charge is 0.258 e. The van der Waals surface area contributed by atoms with Crippen LogP contribution in [0.1, 0.15) is 16.3 Å². The van der Waals surface area contributed by atoms with Gasteiger partial charge in [0.15, 0.2) is 4.96 Å². The second-order valence-corrected chi connectivity index (χ2v) is 5.15. The lowest BCUT2D eigenvalue weighted by Gasteiger charge is -1.93. The van der Waals surface area contributed by atoms with Crippen molar-refractivity contribution in [1.29, 1.82) is 0 Å². The van der Waals surface area contributed by atoms with E-state index in [1.165, 1.54) is 23.6 Å². The number of thiazole rings is 1. The number of fused-ring (bicyclic) bond motifs is 1. The zero-order chi connectivity index (χ0) is 13.2. The molecule has 0 N–H and O–H groups in total. The summed E-state index contributed by atoms with van der Waals surface area (Å²) in [5, 5.41) is 0. The van der Waals surface area contributed by atoms with Gasteiger partial charge in [0.1, 0.15) is 0 Å². The van der Waals surface area contributed by atoms with Gasteiger partial charge in [0.2, 0.25) is 0 Å². The van der Waals surface area contributed by atoms with Crippen LogP contribution in [0.5, 0.6) is 0 Å². The molecule has 0 radical (unpaired) electrons. The van der Waals surface area contributed by atoms with Gasteiger partial charge in [0.25, 0.3) is 5.56 Å². The summed E-state index contributed by atoms with van der Waals surface area (Å²) in [6.07, 6.45) is 7.20. The Morgan fingerprint density at radius 3 is 2.95 bits per heavy atom. The molecule has 0 spiro atoms. The van der Waals surface area contributed by atoms with Crippen molar-refractivity contribution in [3.63, 3.8) is 0 Å². The van der Waals surface area contributed by atoms with Gasteiger partial charge in [-0.25, -0.2) is 4.98 Å². The van der Waals surface area contributed by atoms with Crippen LogP contribution in [0.4, 0.5) is 0 Å². The molecular formula is C14H11N3OS. The highest BCUT2D eigenvalue weighted by Crippen LogP contribution is 2.16. The number of hydrogen-bond acceptors (Lipinski definition) is 4. The lowest BCUT2D eigenvalue weighted by atomic mass is 10.3. The largest absolute Gasteiger partial charge is 0.269 e. The number of aromatic nitrogens is 3. The van der Waals surface area contributed by atoms with Gasteiger partial charge >= 0.3 is 0 Å². The van der Waals surface area contributed by atoms with Crippen molar-refractivity contribution in [2.75, 3.05) is 0 Å². The molecule has 0 unspecified atom stereocenters. The molecule has 0 saturated heterocycles. The minimum atomic E-state index is -0.0606. The van der Waals surface area contributed by atoms with Gasteiger partial charge in [0, 0.05) is 29.0 Å². The van der Waals surface area contributed by atoms with Crippen molar-refractivity contribution in [1.82, 2.24) is 14.4 Å². The maximum Gasteiger partial charge on any atom is 0.258 e. The van der Waals surface area contributed by atoms with Crippen LogP contribution in [0.25, 0.3) is 17.1 Å². The van der Waals surface area contributed by atoms with E-state index in [0.717, 1.165) is 16.3 Å². The Bertz CT molecular complexity index is 817. The third-order valence-corrected chi connectivity index (χ3v) is 3.60. The Morgan fingerprint density at radius 1 is 1.26 bits per heavy atom. The van der Waals surface area contributed by atoms with Crippen LogP contribution in [0.15, 0.2) is 41.5 Å². The van der Waals surface area contributed by atoms with Gasteiger partial charge < -0.3 is 0 Å². The van der Waals surface area contributed by atoms with Gasteiger partial charge in [-0.2, -0.15) is 0 Å². The van der Waals surface area contributed by atoms with Crippen LogP contribution in [0.2, 0.25) is 0 Å². The lowest BCUT2D eigenvalue weighted by Crippen LogP contribution is -2.09. The summed E-state index contributed by atoms with van der Waals surface area (Å²) in [5.74, 6) is 0. The average molecular weight is 269 g/mol. The molecule has 0 fully saturated rings. The fourth-order valence-electron chi connectivity index (χ4n) is 1.76. The van der Waals surface area contributed by atoms with E-state index in [1.54, 1.807) is 10.6 Å². The summed E-state index contributed by atoms with van der Waals surface area (Å²) in [5.41, 5.74) is 1.82. The van der Waals surface area contributed by atoms with Crippen molar-refractivity contribution < 1.29 is 0 Å². The SMILES string of the molecule is Cc1cccc(C=Cc2cn3c(=O)ccnc3s2)n1. The normalized spacial score (nSPS) is 11.4. The number of rotatable bonds is 2. The van der Waals surface area contributed by atoms with Crippen LogP contribution in [-0.4, -0.2) is 14.4 Å². The van der Waals surface area contributed by atoms with E-state index < -0.39 is 0 Å². The van der Waals surface area contributed by atoms with Gasteiger partial charge in [-0.1, -0.05) is 17.4 Å². The molecule has 0 aliphatic rings. The molecule has 94 valence electrons. The second kappa shape index (κ2) is 4.78. The third kappa shape index (κ3) is 2.46. The molecule has 0 amide bonds. The highest BCUT2D eigenvalue weighted by atomic mass is 32.1. The molecule has 4 nitrogen and oxygen atoms in total. The minimum Gasteiger partial charge on any atom is -0.269 e. The third-order valence-electron chi connectivity index (χ3n) is 2.64. The summed E-state index contributed by atoms with van der Waals surface area (Å²) in [7, 11) is 0. The van der Waals surface area contributed by atoms with Crippen LogP contribution >= 0.6 is 11.3 Å². The van der Waals surface area contributed by atoms with Crippen molar-refractivity contribution in [2.24, 2.45) is 0 Å². The summed E-state index contributed by atoms with van der Waals surface area (Å²) >= 11 is 1.47. The summed E-state index contributed by atoms with van der Waals surface area (Å²) in [6.45, 7) is 1.96. The molecule has 0 aliphatic heterocycles. The predicted molar refractivity (Wildman–Crippen MR) is 77.2 cm³/mol. The zero-order valence-electron chi connectivity index (χ0n) is 10.3. The molecular weight excluding hydrogens is 258 g/mol. The van der Waals surface area contributed by atoms with Gasteiger partial charge in [-0.05, 0) is 31.2 Å². The molecule has 5 heteroatoms. The number of hydrogen-bond donors (Lipinski definition) is 0. The molecule has 0 aliphatic carbocycles. The Balaban J connectivity index is 1.97. The van der Waals surface area contributed by atoms with E-state index in [4.69, 9.17) is 0 Å². The van der Waals surface area contributed by atoms with Crippen LogP contribution in [-0.2, 0) is 0 Å². The van der Waals surface area contributed by atoms with Crippen molar-refractivity contribution in [2.45, 2.75) is 6.92 Å². The van der Waals surface area contributed by atoms with E-state index in [1.807, 2.05) is 37.3 Å². The molecule has 0 atom stereocenters. The van der Waals surface area contributed by atoms with E-state index in [0.29, 0.717) is 4.96 Å². The fourth-order valence-corrected chi connectivity index (χ4v) is 2.62. The quantitative estimate of drug-likeness (QED) is 0.718. The van der Waals surface area contributed by atoms with Crippen molar-refractivity contribution >= 4 is 28.4 Å². The van der Waals surface area contributed by atoms with Gasteiger partial charge in [-0.3, -0.25) is 14.2 Å². The monoisotopic (exact) mass is 269 g/mol. The van der Waals surface area contributed by atoms with Crippen LogP contribution in [0.3, 0.4) is 0 Å². The summed E-state index contributed by atoms with van der Waals surface area (Å²) < 4.78 is 1.55. The molecule has 3 aromatic heterocycles. The first-order valence-corrected chi connectivity index (χ1v) is 6.63. The molecule has 0 aromatic carbocycles. The molecule has 3 rings (SSSR count). The van der Waals surface area contributed by atoms with Gasteiger partial charge in [-0.15, -0.1) is 0 Å². The Hall–Kier alpha value is -2.27. The van der Waals surface area contributed by atoms with Crippen molar-refractivity contribution in [3.8, 4) is 0 Å². The molecule has 3 heterocycles. The van der Waals surface area contributed by atoms with Crippen LogP contribution < -0.4 is 5.56 Å². The van der Waals surface area contributed by atoms with E-state index >= 15 is 0 Å². The van der Waals surface area contributed by atoms with Gasteiger partial charge in [0.05, 0.1) is 5.69 Å². The number of nitrogens with zero attached hydrogens (tertiary/aromatic N) is 3. The first-order valence-electron chi connectivity index (χ1n) is 5.81. The maximum atomic E-state index is 11.6. The number of aryl methyl sites for hydroxylation is 1. The zero-order valence-corrected chi connectivity index (χ0v) is 11.1. The topological polar surface area (TPSA) is 47.3 Å².